The lowest BCUT2D eigenvalue weighted by molar-refractivity contribution is 0.0515. The van der Waals surface area contributed by atoms with Crippen molar-refractivity contribution >= 4 is 6.03 Å². The third kappa shape index (κ3) is 9.20. The minimum Gasteiger partial charge on any atom is -0.491 e. The molecule has 180 valence electrons. The number of aliphatic hydroxyl groups is 1. The monoisotopic (exact) mass is 451 g/mol. The summed E-state index contributed by atoms with van der Waals surface area (Å²) in [5.74, 6) is 2.19. The molecule has 1 aromatic rings. The van der Waals surface area contributed by atoms with E-state index in [0.29, 0.717) is 64.9 Å². The van der Waals surface area contributed by atoms with Gasteiger partial charge in [-0.25, -0.2) is 4.79 Å². The predicted octanol–water partition coefficient (Wildman–Crippen LogP) is 1.25. The summed E-state index contributed by atoms with van der Waals surface area (Å²) in [4.78, 5) is 13.7. The van der Waals surface area contributed by atoms with Gasteiger partial charge >= 0.3 is 6.03 Å². The van der Waals surface area contributed by atoms with Crippen LogP contribution in [0.4, 0.5) is 4.79 Å². The van der Waals surface area contributed by atoms with E-state index < -0.39 is 6.10 Å². The fourth-order valence-corrected chi connectivity index (χ4v) is 3.42. The molecular formula is C23H37N3O6. The molecule has 1 saturated carbocycles. The van der Waals surface area contributed by atoms with Crippen molar-refractivity contribution in [3.05, 3.63) is 24.3 Å². The van der Waals surface area contributed by atoms with Gasteiger partial charge in [0.1, 0.15) is 30.8 Å². The molecule has 32 heavy (non-hydrogen) atoms. The van der Waals surface area contributed by atoms with Crippen LogP contribution in [0.3, 0.4) is 0 Å². The van der Waals surface area contributed by atoms with Gasteiger partial charge in [-0.15, -0.1) is 0 Å². The molecule has 1 aromatic carbocycles. The summed E-state index contributed by atoms with van der Waals surface area (Å²) in [5, 5.41) is 16.0. The first-order valence-corrected chi connectivity index (χ1v) is 11.6. The van der Waals surface area contributed by atoms with E-state index >= 15 is 0 Å². The van der Waals surface area contributed by atoms with Gasteiger partial charge < -0.3 is 39.6 Å². The number of hydrogen-bond donors (Lipinski definition) is 3. The van der Waals surface area contributed by atoms with Crippen LogP contribution in [0.25, 0.3) is 0 Å². The first kappa shape index (κ1) is 24.6. The van der Waals surface area contributed by atoms with E-state index in [1.165, 1.54) is 19.3 Å². The number of urea groups is 1. The second-order valence-corrected chi connectivity index (χ2v) is 8.19. The minimum atomic E-state index is -0.645. The highest BCUT2D eigenvalue weighted by Gasteiger charge is 2.17. The van der Waals surface area contributed by atoms with Crippen LogP contribution < -0.4 is 20.1 Å². The molecule has 1 saturated heterocycles. The molecule has 3 rings (SSSR count). The summed E-state index contributed by atoms with van der Waals surface area (Å²) >= 11 is 0. The number of morpholine rings is 1. The fourth-order valence-electron chi connectivity index (χ4n) is 3.42. The van der Waals surface area contributed by atoms with E-state index in [1.807, 2.05) is 24.3 Å². The summed E-state index contributed by atoms with van der Waals surface area (Å²) in [6.45, 7) is 6.03. The van der Waals surface area contributed by atoms with E-state index in [4.69, 9.17) is 18.9 Å². The van der Waals surface area contributed by atoms with Gasteiger partial charge in [0.15, 0.2) is 0 Å². The fraction of sp³-hybridized carbons (Fsp3) is 0.696. The lowest BCUT2D eigenvalue weighted by Crippen LogP contribution is -2.47. The van der Waals surface area contributed by atoms with Gasteiger partial charge in [-0.1, -0.05) is 6.42 Å². The average Bonchev–Trinajstić information content (AvgIpc) is 2.79. The number of amides is 2. The number of nitrogens with one attached hydrogen (secondary N) is 2. The Morgan fingerprint density at radius 1 is 1.09 bits per heavy atom. The first-order valence-electron chi connectivity index (χ1n) is 11.6. The number of aliphatic hydroxyl groups excluding tert-OH is 1. The Hall–Kier alpha value is -2.07. The Kier molecular flexibility index (Phi) is 10.9. The van der Waals surface area contributed by atoms with Gasteiger partial charge in [0, 0.05) is 39.3 Å². The molecule has 1 unspecified atom stereocenters. The van der Waals surface area contributed by atoms with Crippen LogP contribution in [0.1, 0.15) is 19.3 Å². The molecule has 0 radical (unpaired) electrons. The molecule has 1 heterocycles. The number of benzene rings is 1. The van der Waals surface area contributed by atoms with Crippen molar-refractivity contribution < 1.29 is 28.8 Å². The molecule has 3 N–H and O–H groups in total. The van der Waals surface area contributed by atoms with Crippen molar-refractivity contribution in [3.8, 4) is 11.5 Å². The minimum absolute atomic E-state index is 0.0763. The number of nitrogens with zero attached hydrogens (tertiary/aromatic N) is 1. The molecule has 2 aliphatic rings. The van der Waals surface area contributed by atoms with Gasteiger partial charge in [0.2, 0.25) is 0 Å². The Morgan fingerprint density at radius 3 is 2.50 bits per heavy atom. The summed E-state index contributed by atoms with van der Waals surface area (Å²) < 4.78 is 22.2. The van der Waals surface area contributed by atoms with E-state index in [1.54, 1.807) is 4.90 Å². The maximum Gasteiger partial charge on any atom is 0.317 e. The van der Waals surface area contributed by atoms with Crippen LogP contribution in [0.5, 0.6) is 11.5 Å². The summed E-state index contributed by atoms with van der Waals surface area (Å²) in [6.07, 6.45) is 3.28. The molecule has 1 aliphatic carbocycles. The third-order valence-electron chi connectivity index (χ3n) is 5.60. The average molecular weight is 452 g/mol. The van der Waals surface area contributed by atoms with Gasteiger partial charge in [-0.3, -0.25) is 0 Å². The lowest BCUT2D eigenvalue weighted by atomic mass is 9.86. The zero-order chi connectivity index (χ0) is 22.4. The molecule has 1 aliphatic heterocycles. The normalized spacial score (nSPS) is 17.5. The van der Waals surface area contributed by atoms with Crippen LogP contribution in [0.15, 0.2) is 24.3 Å². The van der Waals surface area contributed by atoms with Crippen molar-refractivity contribution in [1.29, 1.82) is 0 Å². The smallest absolute Gasteiger partial charge is 0.317 e. The summed E-state index contributed by atoms with van der Waals surface area (Å²) in [7, 11) is 0. The molecule has 0 aromatic heterocycles. The third-order valence-corrected chi connectivity index (χ3v) is 5.60. The first-order chi connectivity index (χ1) is 15.7. The quantitative estimate of drug-likeness (QED) is 0.366. The largest absolute Gasteiger partial charge is 0.491 e. The molecule has 2 fully saturated rings. The Balaban J connectivity index is 1.17. The molecule has 9 nitrogen and oxygen atoms in total. The molecule has 2 amide bonds. The maximum atomic E-state index is 12.0. The predicted molar refractivity (Wildman–Crippen MR) is 120 cm³/mol. The van der Waals surface area contributed by atoms with Crippen molar-refractivity contribution in [2.75, 3.05) is 72.4 Å². The van der Waals surface area contributed by atoms with Gasteiger partial charge in [0.25, 0.3) is 0 Å². The van der Waals surface area contributed by atoms with Crippen molar-refractivity contribution in [3.63, 3.8) is 0 Å². The van der Waals surface area contributed by atoms with Crippen molar-refractivity contribution in [2.24, 2.45) is 5.92 Å². The highest BCUT2D eigenvalue weighted by atomic mass is 16.5. The van der Waals surface area contributed by atoms with Crippen LogP contribution in [-0.4, -0.2) is 94.5 Å². The Labute approximate surface area is 190 Å². The summed E-state index contributed by atoms with van der Waals surface area (Å²) in [5.41, 5.74) is 0. The number of rotatable bonds is 14. The van der Waals surface area contributed by atoms with Crippen LogP contribution >= 0.6 is 0 Å². The molecule has 1 atom stereocenters. The maximum absolute atomic E-state index is 12.0. The standard InChI is InChI=1S/C23H37N3O6/c27-20(16-24-8-9-25-23(28)26-10-12-29-13-11-26)18-32-22-6-4-21(5-7-22)31-15-14-30-17-19-2-1-3-19/h4-7,19-20,24,27H,1-3,8-18H2,(H,25,28). The molecular weight excluding hydrogens is 414 g/mol. The summed E-state index contributed by atoms with van der Waals surface area (Å²) in [6, 6.07) is 7.27. The second kappa shape index (κ2) is 14.2. The molecule has 9 heteroatoms. The van der Waals surface area contributed by atoms with Crippen molar-refractivity contribution in [2.45, 2.75) is 25.4 Å². The molecule has 0 spiro atoms. The van der Waals surface area contributed by atoms with E-state index in [9.17, 15) is 9.90 Å². The van der Waals surface area contributed by atoms with Gasteiger partial charge in [0.05, 0.1) is 19.8 Å². The zero-order valence-electron chi connectivity index (χ0n) is 18.8. The zero-order valence-corrected chi connectivity index (χ0v) is 18.8. The second-order valence-electron chi connectivity index (χ2n) is 8.19. The number of ether oxygens (including phenoxy) is 4. The van der Waals surface area contributed by atoms with E-state index in [0.717, 1.165) is 18.3 Å². The van der Waals surface area contributed by atoms with Gasteiger partial charge in [-0.2, -0.15) is 0 Å². The van der Waals surface area contributed by atoms with E-state index in [2.05, 4.69) is 10.6 Å². The number of hydrogen-bond acceptors (Lipinski definition) is 7. The molecule has 0 bridgehead atoms. The highest BCUT2D eigenvalue weighted by molar-refractivity contribution is 5.74. The van der Waals surface area contributed by atoms with Crippen LogP contribution in [0, 0.1) is 5.92 Å². The van der Waals surface area contributed by atoms with E-state index in [-0.39, 0.29) is 12.6 Å². The highest BCUT2D eigenvalue weighted by Crippen LogP contribution is 2.26. The Morgan fingerprint density at radius 2 is 1.81 bits per heavy atom. The number of carbonyl (C=O) groups excluding carboxylic acids is 1. The topological polar surface area (TPSA) is 102 Å². The number of carbonyl (C=O) groups is 1. The van der Waals surface area contributed by atoms with Crippen molar-refractivity contribution in [1.82, 2.24) is 15.5 Å². The van der Waals surface area contributed by atoms with Gasteiger partial charge in [-0.05, 0) is 43.0 Å². The Bertz CT molecular complexity index is 650. The van der Waals surface area contributed by atoms with Crippen LogP contribution in [0.2, 0.25) is 0 Å². The SMILES string of the molecule is O=C(NCCNCC(O)COc1ccc(OCCOCC2CCC2)cc1)N1CCOCC1. The van der Waals surface area contributed by atoms with Crippen LogP contribution in [-0.2, 0) is 9.47 Å². The lowest BCUT2D eigenvalue weighted by Gasteiger charge is -2.27.